The number of benzene rings is 1. The van der Waals surface area contributed by atoms with Crippen molar-refractivity contribution in [1.82, 2.24) is 0 Å². The van der Waals surface area contributed by atoms with Gasteiger partial charge < -0.3 is 5.11 Å². The van der Waals surface area contributed by atoms with Gasteiger partial charge in [0.1, 0.15) is 0 Å². The van der Waals surface area contributed by atoms with E-state index in [4.69, 9.17) is 4.55 Å². The van der Waals surface area contributed by atoms with E-state index < -0.39 is 19.7 Å². The van der Waals surface area contributed by atoms with Crippen LogP contribution in [0.15, 0.2) is 30.3 Å². The van der Waals surface area contributed by atoms with Crippen molar-refractivity contribution in [3.8, 4) is 0 Å². The molecule has 0 heterocycles. The Morgan fingerprint density at radius 2 is 1.73 bits per heavy atom. The molecule has 0 aliphatic carbocycles. The van der Waals surface area contributed by atoms with Gasteiger partial charge in [-0.05, 0) is 15.9 Å². The smallest absolute Gasteiger partial charge is 0.313 e. The van der Waals surface area contributed by atoms with Gasteiger partial charge in [0, 0.05) is 5.56 Å². The molecule has 7 heteroatoms. The summed E-state index contributed by atoms with van der Waals surface area (Å²) in [5, 5.41) is 9.30. The molecule has 1 unspecified atom stereocenters. The second-order valence-corrected chi connectivity index (χ2v) is 5.95. The first-order valence-electron chi connectivity index (χ1n) is 3.75. The normalized spacial score (nSPS) is 15.7. The topological polar surface area (TPSA) is 91.7 Å². The van der Waals surface area contributed by atoms with Crippen molar-refractivity contribution < 1.29 is 22.9 Å². The van der Waals surface area contributed by atoms with E-state index in [0.29, 0.717) is 0 Å². The molecule has 5 nitrogen and oxygen atoms in total. The summed E-state index contributed by atoms with van der Waals surface area (Å²) in [6.07, 6.45) is 0. The number of halogens is 1. The van der Waals surface area contributed by atoms with Gasteiger partial charge in [-0.25, -0.2) is 0 Å². The van der Waals surface area contributed by atoms with Crippen LogP contribution in [0.1, 0.15) is 10.4 Å². The SMILES string of the molecule is O=C(c1ccccc1)C(O)(Br)S(=O)(=O)O. The highest BCUT2D eigenvalue weighted by Gasteiger charge is 2.46. The molecule has 1 aromatic carbocycles. The molecule has 0 aromatic heterocycles. The Morgan fingerprint density at radius 1 is 1.27 bits per heavy atom. The van der Waals surface area contributed by atoms with E-state index in [0.717, 1.165) is 0 Å². The maximum Gasteiger partial charge on any atom is 0.313 e. The second kappa shape index (κ2) is 4.01. The molecule has 0 fully saturated rings. The number of hydrogen-bond donors (Lipinski definition) is 2. The Balaban J connectivity index is 3.17. The van der Waals surface area contributed by atoms with Crippen LogP contribution in [0.2, 0.25) is 0 Å². The monoisotopic (exact) mass is 294 g/mol. The van der Waals surface area contributed by atoms with Gasteiger partial charge in [-0.2, -0.15) is 8.42 Å². The van der Waals surface area contributed by atoms with Crippen molar-refractivity contribution in [2.75, 3.05) is 0 Å². The van der Waals surface area contributed by atoms with E-state index in [1.54, 1.807) is 6.07 Å². The summed E-state index contributed by atoms with van der Waals surface area (Å²) in [5.41, 5.74) is -0.0329. The van der Waals surface area contributed by atoms with Crippen LogP contribution < -0.4 is 0 Å². The summed E-state index contributed by atoms with van der Waals surface area (Å²) in [7, 11) is -4.93. The molecule has 1 rings (SSSR count). The van der Waals surface area contributed by atoms with Gasteiger partial charge in [0.25, 0.3) is 0 Å². The van der Waals surface area contributed by atoms with Crippen LogP contribution in [0.4, 0.5) is 0 Å². The van der Waals surface area contributed by atoms with Gasteiger partial charge in [0.05, 0.1) is 0 Å². The number of aliphatic hydroxyl groups is 1. The average molecular weight is 295 g/mol. The first kappa shape index (κ1) is 12.3. The Bertz CT molecular complexity index is 465. The molecule has 1 aromatic rings. The highest BCUT2D eigenvalue weighted by Crippen LogP contribution is 2.25. The highest BCUT2D eigenvalue weighted by atomic mass is 79.9. The Kier molecular flexibility index (Phi) is 3.29. The minimum Gasteiger partial charge on any atom is -0.358 e. The molecule has 0 bridgehead atoms. The van der Waals surface area contributed by atoms with Gasteiger partial charge in [-0.3, -0.25) is 9.35 Å². The lowest BCUT2D eigenvalue weighted by Crippen LogP contribution is -2.40. The highest BCUT2D eigenvalue weighted by molar-refractivity contribution is 9.11. The third kappa shape index (κ3) is 2.43. The molecule has 0 spiro atoms. The molecule has 0 amide bonds. The van der Waals surface area contributed by atoms with Gasteiger partial charge >= 0.3 is 14.0 Å². The molecular formula is C8H7BrO5S. The number of alkyl halides is 1. The van der Waals surface area contributed by atoms with Gasteiger partial charge in [0.15, 0.2) is 0 Å². The molecular weight excluding hydrogens is 288 g/mol. The number of Topliss-reactive ketones (excluding diaryl/α,β-unsaturated/α-hetero) is 1. The largest absolute Gasteiger partial charge is 0.358 e. The lowest BCUT2D eigenvalue weighted by Gasteiger charge is -2.15. The predicted octanol–water partition coefficient (Wildman–Crippen LogP) is 0.798. The Morgan fingerprint density at radius 3 is 2.13 bits per heavy atom. The quantitative estimate of drug-likeness (QED) is 0.489. The predicted molar refractivity (Wildman–Crippen MR) is 56.2 cm³/mol. The summed E-state index contributed by atoms with van der Waals surface area (Å²) in [6.45, 7) is 0. The minimum absolute atomic E-state index is 0.0329. The van der Waals surface area contributed by atoms with Gasteiger partial charge in [-0.15, -0.1) is 0 Å². The van der Waals surface area contributed by atoms with Crippen molar-refractivity contribution in [3.63, 3.8) is 0 Å². The molecule has 0 radical (unpaired) electrons. The van der Waals surface area contributed by atoms with E-state index in [1.165, 1.54) is 24.3 Å². The summed E-state index contributed by atoms with van der Waals surface area (Å²) >= 11 is 2.27. The molecule has 1 atom stereocenters. The van der Waals surface area contributed by atoms with Gasteiger partial charge in [0.2, 0.25) is 5.78 Å². The zero-order valence-electron chi connectivity index (χ0n) is 7.29. The molecule has 0 saturated heterocycles. The fourth-order valence-corrected chi connectivity index (χ4v) is 1.47. The van der Waals surface area contributed by atoms with Crippen LogP contribution >= 0.6 is 15.9 Å². The van der Waals surface area contributed by atoms with Crippen molar-refractivity contribution in [2.24, 2.45) is 0 Å². The number of carbonyl (C=O) groups is 1. The summed E-state index contributed by atoms with van der Waals surface area (Å²) in [4.78, 5) is 11.5. The van der Waals surface area contributed by atoms with Crippen molar-refractivity contribution in [1.29, 1.82) is 0 Å². The minimum atomic E-state index is -4.93. The standard InChI is InChI=1S/C8H7BrO5S/c9-8(11,15(12,13)14)7(10)6-4-2-1-3-5-6/h1-5,11H,(H,12,13,14). The number of carbonyl (C=O) groups excluding carboxylic acids is 1. The van der Waals surface area contributed by atoms with Crippen LogP contribution in [-0.2, 0) is 10.1 Å². The maximum atomic E-state index is 11.5. The fourth-order valence-electron chi connectivity index (χ4n) is 0.885. The fraction of sp³-hybridized carbons (Fsp3) is 0.125. The summed E-state index contributed by atoms with van der Waals surface area (Å²) < 4.78 is 27.0. The maximum absolute atomic E-state index is 11.5. The molecule has 0 aliphatic heterocycles. The van der Waals surface area contributed by atoms with Crippen LogP contribution in [0, 0.1) is 0 Å². The van der Waals surface area contributed by atoms with Crippen molar-refractivity contribution in [2.45, 2.75) is 3.84 Å². The van der Waals surface area contributed by atoms with Crippen molar-refractivity contribution >= 4 is 31.8 Å². The average Bonchev–Trinajstić information content (AvgIpc) is 2.16. The zero-order chi connectivity index (χ0) is 11.7. The van der Waals surface area contributed by atoms with Crippen LogP contribution in [0.25, 0.3) is 0 Å². The molecule has 82 valence electrons. The summed E-state index contributed by atoms with van der Waals surface area (Å²) in [6, 6.07) is 7.26. The van der Waals surface area contributed by atoms with Crippen LogP contribution in [0.3, 0.4) is 0 Å². The summed E-state index contributed by atoms with van der Waals surface area (Å²) in [5.74, 6) is -1.15. The van der Waals surface area contributed by atoms with Crippen LogP contribution in [-0.4, -0.2) is 27.7 Å². The first-order chi connectivity index (χ1) is 6.77. The lowest BCUT2D eigenvalue weighted by atomic mass is 10.1. The number of ketones is 1. The second-order valence-electron chi connectivity index (χ2n) is 2.73. The van der Waals surface area contributed by atoms with E-state index in [2.05, 4.69) is 15.9 Å². The third-order valence-electron chi connectivity index (χ3n) is 1.66. The molecule has 0 saturated carbocycles. The molecule has 2 N–H and O–H groups in total. The molecule has 0 aliphatic rings. The Labute approximate surface area is 94.6 Å². The third-order valence-corrected chi connectivity index (χ3v) is 4.11. The van der Waals surface area contributed by atoms with E-state index in [9.17, 15) is 18.3 Å². The van der Waals surface area contributed by atoms with E-state index in [1.807, 2.05) is 0 Å². The Hall–Kier alpha value is -0.760. The van der Waals surface area contributed by atoms with Gasteiger partial charge in [-0.1, -0.05) is 30.3 Å². The van der Waals surface area contributed by atoms with Crippen LogP contribution in [0.5, 0.6) is 0 Å². The first-order valence-corrected chi connectivity index (χ1v) is 5.98. The van der Waals surface area contributed by atoms with E-state index >= 15 is 0 Å². The zero-order valence-corrected chi connectivity index (χ0v) is 9.69. The van der Waals surface area contributed by atoms with E-state index in [-0.39, 0.29) is 5.56 Å². The number of hydrogen-bond acceptors (Lipinski definition) is 4. The lowest BCUT2D eigenvalue weighted by molar-refractivity contribution is 0.0812. The molecule has 15 heavy (non-hydrogen) atoms. The number of rotatable bonds is 3. The van der Waals surface area contributed by atoms with Crippen molar-refractivity contribution in [3.05, 3.63) is 35.9 Å².